The second-order valence-corrected chi connectivity index (χ2v) is 7.27. The number of carboxylic acid groups (broad SMARTS) is 1. The van der Waals surface area contributed by atoms with Gasteiger partial charge in [-0.05, 0) is 37.8 Å². The molecule has 5 N–H and O–H groups in total. The molecule has 0 aliphatic heterocycles. The Morgan fingerprint density at radius 3 is 2.77 bits per heavy atom. The van der Waals surface area contributed by atoms with E-state index in [1.165, 1.54) is 0 Å². The van der Waals surface area contributed by atoms with Crippen LogP contribution in [0.25, 0.3) is 0 Å². The van der Waals surface area contributed by atoms with E-state index in [4.69, 9.17) is 14.6 Å². The predicted molar refractivity (Wildman–Crippen MR) is 113 cm³/mol. The van der Waals surface area contributed by atoms with Crippen LogP contribution in [0, 0.1) is 5.92 Å². The van der Waals surface area contributed by atoms with Gasteiger partial charge < -0.3 is 30.4 Å². The fraction of sp³-hybridized carbons (Fsp3) is 0.524. The molecule has 0 radical (unpaired) electrons. The first-order valence-corrected chi connectivity index (χ1v) is 10.5. The number of amides is 2. The Hall–Kier alpha value is -3.14. The first-order valence-electron chi connectivity index (χ1n) is 10.5. The molecule has 31 heavy (non-hydrogen) atoms. The third-order valence-corrected chi connectivity index (χ3v) is 5.07. The van der Waals surface area contributed by atoms with E-state index >= 15 is 0 Å². The molecule has 0 unspecified atom stereocenters. The maximum Gasteiger partial charge on any atom is 0.290 e. The molecule has 0 spiro atoms. The monoisotopic (exact) mass is 433 g/mol. The van der Waals surface area contributed by atoms with Crippen LogP contribution in [0.15, 0.2) is 30.7 Å². The predicted octanol–water partition coefficient (Wildman–Crippen LogP) is 1.49. The number of nitrogens with one attached hydrogen (secondary N) is 4. The Kier molecular flexibility index (Phi) is 10.3. The minimum absolute atomic E-state index is 0.0470. The molecule has 2 aromatic rings. The van der Waals surface area contributed by atoms with Crippen molar-refractivity contribution < 1.29 is 24.2 Å². The number of rotatable bonds is 9. The number of carbonyl (C=O) groups excluding carboxylic acids is 2. The maximum atomic E-state index is 12.6. The van der Waals surface area contributed by atoms with Crippen molar-refractivity contribution in [2.75, 3.05) is 13.2 Å². The number of hydrogen-bond acceptors (Lipinski definition) is 5. The summed E-state index contributed by atoms with van der Waals surface area (Å²) in [6.45, 7) is 2.97. The number of carbonyl (C=O) groups is 3. The third-order valence-electron chi connectivity index (χ3n) is 5.07. The van der Waals surface area contributed by atoms with Gasteiger partial charge in [0.25, 0.3) is 12.4 Å². The van der Waals surface area contributed by atoms with E-state index < -0.39 is 0 Å². The van der Waals surface area contributed by atoms with Gasteiger partial charge in [0.2, 0.25) is 5.91 Å². The number of hydrogen-bond donors (Lipinski definition) is 5. The summed E-state index contributed by atoms with van der Waals surface area (Å²) in [4.78, 5) is 43.4. The van der Waals surface area contributed by atoms with Crippen molar-refractivity contribution >= 4 is 18.3 Å². The summed E-state index contributed by atoms with van der Waals surface area (Å²) >= 11 is 0. The highest BCUT2D eigenvalue weighted by atomic mass is 16.5. The van der Waals surface area contributed by atoms with Crippen LogP contribution in [0.3, 0.4) is 0 Å². The number of ether oxygens (including phenoxy) is 1. The summed E-state index contributed by atoms with van der Waals surface area (Å²) in [6, 6.07) is 3.45. The molecule has 10 heteroatoms. The Labute approximate surface area is 181 Å². The largest absolute Gasteiger partial charge is 0.483 e. The molecule has 2 heterocycles. The van der Waals surface area contributed by atoms with Crippen molar-refractivity contribution in [2.45, 2.75) is 51.2 Å². The molecule has 2 amide bonds. The lowest BCUT2D eigenvalue weighted by Crippen LogP contribution is -2.50. The van der Waals surface area contributed by atoms with Gasteiger partial charge in [0.15, 0.2) is 0 Å². The summed E-state index contributed by atoms with van der Waals surface area (Å²) < 4.78 is 5.99. The topological polar surface area (TPSA) is 149 Å². The lowest BCUT2D eigenvalue weighted by Gasteiger charge is -2.35. The van der Waals surface area contributed by atoms with E-state index in [9.17, 15) is 9.59 Å². The molecule has 0 saturated heterocycles. The Morgan fingerprint density at radius 1 is 1.32 bits per heavy atom. The lowest BCUT2D eigenvalue weighted by atomic mass is 9.83. The van der Waals surface area contributed by atoms with Crippen LogP contribution in [0.2, 0.25) is 0 Å². The maximum absolute atomic E-state index is 12.6. The number of aromatic amines is 2. The van der Waals surface area contributed by atoms with Crippen molar-refractivity contribution in [3.63, 3.8) is 0 Å². The van der Waals surface area contributed by atoms with Crippen LogP contribution in [0.1, 0.15) is 48.9 Å². The summed E-state index contributed by atoms with van der Waals surface area (Å²) in [5.41, 5.74) is 0.534. The second kappa shape index (κ2) is 13.2. The van der Waals surface area contributed by atoms with E-state index in [1.54, 1.807) is 30.7 Å². The quantitative estimate of drug-likeness (QED) is 0.378. The molecule has 0 bridgehead atoms. The Balaban J connectivity index is 0.00000107. The van der Waals surface area contributed by atoms with Gasteiger partial charge in [0, 0.05) is 44.1 Å². The summed E-state index contributed by atoms with van der Waals surface area (Å²) in [6.07, 6.45) is 8.68. The molecule has 3 rings (SSSR count). The van der Waals surface area contributed by atoms with Gasteiger partial charge in [0.05, 0.1) is 12.1 Å². The normalized spacial score (nSPS) is 20.2. The number of aromatic nitrogens is 3. The molecule has 0 aromatic carbocycles. The van der Waals surface area contributed by atoms with Crippen molar-refractivity contribution in [3.8, 4) is 0 Å². The van der Waals surface area contributed by atoms with Gasteiger partial charge in [-0.1, -0.05) is 6.92 Å². The molecule has 10 nitrogen and oxygen atoms in total. The molecule has 1 fully saturated rings. The molecular formula is C21H31N5O5. The van der Waals surface area contributed by atoms with Crippen LogP contribution in [-0.4, -0.2) is 63.6 Å². The third kappa shape index (κ3) is 7.89. The summed E-state index contributed by atoms with van der Waals surface area (Å²) in [5.74, 6) is 0.671. The van der Waals surface area contributed by atoms with Gasteiger partial charge in [-0.25, -0.2) is 4.98 Å². The molecule has 1 aliphatic carbocycles. The SMILES string of the molecule is CCCO[C@@H]1C[C@@H](C(=O)NCCc2ncc[nH]2)CC[C@H]1NC(=O)c1ccc[nH]1.O=CO. The highest BCUT2D eigenvalue weighted by Gasteiger charge is 2.35. The second-order valence-electron chi connectivity index (χ2n) is 7.27. The first-order chi connectivity index (χ1) is 15.1. The summed E-state index contributed by atoms with van der Waals surface area (Å²) in [7, 11) is 0. The van der Waals surface area contributed by atoms with Crippen LogP contribution in [0.5, 0.6) is 0 Å². The number of H-pyrrole nitrogens is 2. The van der Waals surface area contributed by atoms with Gasteiger partial charge in [-0.2, -0.15) is 0 Å². The minimum Gasteiger partial charge on any atom is -0.483 e. The molecule has 2 aromatic heterocycles. The van der Waals surface area contributed by atoms with Crippen LogP contribution in [0.4, 0.5) is 0 Å². The van der Waals surface area contributed by atoms with Gasteiger partial charge in [0.1, 0.15) is 11.5 Å². The van der Waals surface area contributed by atoms with Crippen LogP contribution >= 0.6 is 0 Å². The van der Waals surface area contributed by atoms with Crippen molar-refractivity contribution in [3.05, 3.63) is 42.2 Å². The van der Waals surface area contributed by atoms with Crippen molar-refractivity contribution in [1.29, 1.82) is 0 Å². The number of imidazole rings is 1. The van der Waals surface area contributed by atoms with Crippen LogP contribution in [-0.2, 0) is 20.7 Å². The van der Waals surface area contributed by atoms with E-state index in [0.717, 1.165) is 25.1 Å². The van der Waals surface area contributed by atoms with Crippen LogP contribution < -0.4 is 10.6 Å². The van der Waals surface area contributed by atoms with E-state index in [-0.39, 0.29) is 36.4 Å². The average Bonchev–Trinajstić information content (AvgIpc) is 3.48. The number of nitrogens with zero attached hydrogens (tertiary/aromatic N) is 1. The average molecular weight is 434 g/mol. The molecule has 170 valence electrons. The summed E-state index contributed by atoms with van der Waals surface area (Å²) in [5, 5.41) is 12.9. The fourth-order valence-corrected chi connectivity index (χ4v) is 3.59. The minimum atomic E-state index is -0.250. The van der Waals surface area contributed by atoms with Gasteiger partial charge in [-0.15, -0.1) is 0 Å². The van der Waals surface area contributed by atoms with Gasteiger partial charge >= 0.3 is 0 Å². The van der Waals surface area contributed by atoms with E-state index in [1.807, 2.05) is 6.92 Å². The fourth-order valence-electron chi connectivity index (χ4n) is 3.59. The van der Waals surface area contributed by atoms with E-state index in [0.29, 0.717) is 31.7 Å². The van der Waals surface area contributed by atoms with Gasteiger partial charge in [-0.3, -0.25) is 14.4 Å². The Bertz CT molecular complexity index is 778. The standard InChI is InChI=1S/C20H29N5O3.CH2O2/c1-2-12-28-17-13-14(19(26)24-9-7-18-22-10-11-23-18)5-6-15(17)25-20(27)16-4-3-8-21-16;2-1-3/h3-4,8,10-11,14-15,17,21H,2,5-7,9,12-13H2,1H3,(H,22,23)(H,24,26)(H,25,27);1H,(H,2,3)/t14-,15+,17+;/m0./s1. The molecule has 1 aliphatic rings. The highest BCUT2D eigenvalue weighted by Crippen LogP contribution is 2.27. The zero-order chi connectivity index (χ0) is 22.5. The molecular weight excluding hydrogens is 402 g/mol. The lowest BCUT2D eigenvalue weighted by molar-refractivity contribution is -0.128. The zero-order valence-corrected chi connectivity index (χ0v) is 17.7. The zero-order valence-electron chi connectivity index (χ0n) is 17.7. The van der Waals surface area contributed by atoms with Crippen molar-refractivity contribution in [1.82, 2.24) is 25.6 Å². The highest BCUT2D eigenvalue weighted by molar-refractivity contribution is 5.92. The Morgan fingerprint density at radius 2 is 2.13 bits per heavy atom. The first kappa shape index (κ1) is 24.1. The molecule has 1 saturated carbocycles. The van der Waals surface area contributed by atoms with Crippen molar-refractivity contribution in [2.24, 2.45) is 5.92 Å². The van der Waals surface area contributed by atoms with E-state index in [2.05, 4.69) is 25.6 Å². The molecule has 3 atom stereocenters. The smallest absolute Gasteiger partial charge is 0.290 e.